The lowest BCUT2D eigenvalue weighted by Crippen LogP contribution is -2.37. The molecule has 0 radical (unpaired) electrons. The maximum absolute atomic E-state index is 6.25. The van der Waals surface area contributed by atoms with Gasteiger partial charge in [0.25, 0.3) is 0 Å². The van der Waals surface area contributed by atoms with E-state index in [1.54, 1.807) is 6.20 Å². The minimum atomic E-state index is 0.570. The van der Waals surface area contributed by atoms with Gasteiger partial charge in [-0.05, 0) is 19.8 Å². The third kappa shape index (κ3) is 2.86. The Kier molecular flexibility index (Phi) is 4.64. The zero-order valence-electron chi connectivity index (χ0n) is 11.1. The van der Waals surface area contributed by atoms with Gasteiger partial charge in [0.2, 0.25) is 5.95 Å². The van der Waals surface area contributed by atoms with E-state index in [1.165, 1.54) is 32.1 Å². The van der Waals surface area contributed by atoms with Crippen molar-refractivity contribution in [1.29, 1.82) is 0 Å². The van der Waals surface area contributed by atoms with Gasteiger partial charge >= 0.3 is 0 Å². The first-order valence-electron chi connectivity index (χ1n) is 6.73. The number of hydrogen-bond acceptors (Lipinski definition) is 4. The summed E-state index contributed by atoms with van der Waals surface area (Å²) >= 11 is 6.25. The highest BCUT2D eigenvalue weighted by molar-refractivity contribution is 6.32. The molecule has 1 aromatic heterocycles. The third-order valence-corrected chi connectivity index (χ3v) is 3.84. The summed E-state index contributed by atoms with van der Waals surface area (Å²) in [5.74, 6) is 1.49. The Morgan fingerprint density at radius 3 is 2.72 bits per heavy atom. The molecule has 0 unspecified atom stereocenters. The molecule has 0 atom stereocenters. The molecule has 2 rings (SSSR count). The van der Waals surface area contributed by atoms with Gasteiger partial charge in [0, 0.05) is 19.6 Å². The highest BCUT2D eigenvalue weighted by Crippen LogP contribution is 2.30. The second kappa shape index (κ2) is 6.23. The second-order valence-corrected chi connectivity index (χ2v) is 5.10. The Labute approximate surface area is 114 Å². The van der Waals surface area contributed by atoms with Gasteiger partial charge in [-0.1, -0.05) is 30.9 Å². The standard InChI is InChI=1S/C13H21ClN4/c1-3-18(10-7-5-4-6-8-10)12-11(14)9-16-13(15-2)17-12/h9-10H,3-8H2,1-2H3,(H,15,16,17). The molecule has 1 fully saturated rings. The van der Waals surface area contributed by atoms with Gasteiger partial charge in [0.1, 0.15) is 5.02 Å². The van der Waals surface area contributed by atoms with Crippen molar-refractivity contribution in [1.82, 2.24) is 9.97 Å². The Balaban J connectivity index is 2.25. The van der Waals surface area contributed by atoms with E-state index in [1.807, 2.05) is 7.05 Å². The van der Waals surface area contributed by atoms with Crippen molar-refractivity contribution in [3.05, 3.63) is 11.2 Å². The smallest absolute Gasteiger partial charge is 0.224 e. The highest BCUT2D eigenvalue weighted by Gasteiger charge is 2.23. The van der Waals surface area contributed by atoms with Gasteiger partial charge in [-0.2, -0.15) is 4.98 Å². The summed E-state index contributed by atoms with van der Waals surface area (Å²) in [6.07, 6.45) is 8.13. The molecule has 1 N–H and O–H groups in total. The summed E-state index contributed by atoms with van der Waals surface area (Å²) in [5.41, 5.74) is 0. The van der Waals surface area contributed by atoms with E-state index in [0.717, 1.165) is 12.4 Å². The van der Waals surface area contributed by atoms with Crippen LogP contribution in [0.5, 0.6) is 0 Å². The first-order chi connectivity index (χ1) is 8.76. The van der Waals surface area contributed by atoms with E-state index in [2.05, 4.69) is 27.1 Å². The van der Waals surface area contributed by atoms with Crippen LogP contribution in [-0.2, 0) is 0 Å². The van der Waals surface area contributed by atoms with Gasteiger partial charge < -0.3 is 10.2 Å². The van der Waals surface area contributed by atoms with Crippen LogP contribution >= 0.6 is 11.6 Å². The van der Waals surface area contributed by atoms with Crippen molar-refractivity contribution in [2.24, 2.45) is 0 Å². The number of anilines is 2. The molecule has 0 aliphatic heterocycles. The van der Waals surface area contributed by atoms with Gasteiger partial charge in [0.05, 0.1) is 6.20 Å². The predicted molar refractivity (Wildman–Crippen MR) is 76.5 cm³/mol. The monoisotopic (exact) mass is 268 g/mol. The van der Waals surface area contributed by atoms with E-state index >= 15 is 0 Å². The summed E-state index contributed by atoms with van der Waals surface area (Å²) in [4.78, 5) is 11.0. The topological polar surface area (TPSA) is 41.1 Å². The average Bonchev–Trinajstić information content (AvgIpc) is 2.43. The Bertz CT molecular complexity index is 391. The van der Waals surface area contributed by atoms with Gasteiger partial charge in [0.15, 0.2) is 5.82 Å². The maximum atomic E-state index is 6.25. The molecule has 100 valence electrons. The average molecular weight is 269 g/mol. The molecule has 1 aliphatic rings. The molecular weight excluding hydrogens is 248 g/mol. The minimum absolute atomic E-state index is 0.570. The number of hydrogen-bond donors (Lipinski definition) is 1. The van der Waals surface area contributed by atoms with Crippen LogP contribution in [0.3, 0.4) is 0 Å². The molecule has 0 aromatic carbocycles. The normalized spacial score (nSPS) is 16.6. The third-order valence-electron chi connectivity index (χ3n) is 3.58. The molecule has 1 heterocycles. The van der Waals surface area contributed by atoms with E-state index in [4.69, 9.17) is 11.6 Å². The summed E-state index contributed by atoms with van der Waals surface area (Å²) in [7, 11) is 1.82. The van der Waals surface area contributed by atoms with Gasteiger partial charge in [-0.15, -0.1) is 0 Å². The van der Waals surface area contributed by atoms with Crippen LogP contribution in [0.2, 0.25) is 5.02 Å². The quantitative estimate of drug-likeness (QED) is 0.909. The molecule has 0 saturated heterocycles. The van der Waals surface area contributed by atoms with E-state index in [0.29, 0.717) is 17.0 Å². The Morgan fingerprint density at radius 2 is 2.11 bits per heavy atom. The lowest BCUT2D eigenvalue weighted by Gasteiger charge is -2.34. The molecule has 1 aliphatic carbocycles. The molecule has 1 aromatic rings. The minimum Gasteiger partial charge on any atom is -0.357 e. The van der Waals surface area contributed by atoms with Crippen LogP contribution in [0.4, 0.5) is 11.8 Å². The van der Waals surface area contributed by atoms with Crippen LogP contribution in [0.15, 0.2) is 6.20 Å². The molecule has 0 amide bonds. The summed E-state index contributed by atoms with van der Waals surface area (Å²) < 4.78 is 0. The van der Waals surface area contributed by atoms with E-state index < -0.39 is 0 Å². The zero-order valence-corrected chi connectivity index (χ0v) is 11.9. The second-order valence-electron chi connectivity index (χ2n) is 4.69. The van der Waals surface area contributed by atoms with Crippen LogP contribution in [-0.4, -0.2) is 29.6 Å². The summed E-state index contributed by atoms with van der Waals surface area (Å²) in [6.45, 7) is 3.09. The highest BCUT2D eigenvalue weighted by atomic mass is 35.5. The molecule has 0 spiro atoms. The summed E-state index contributed by atoms with van der Waals surface area (Å²) in [5, 5.41) is 3.61. The fourth-order valence-corrected chi connectivity index (χ4v) is 2.85. The number of nitrogens with zero attached hydrogens (tertiary/aromatic N) is 3. The van der Waals surface area contributed by atoms with Crippen molar-refractivity contribution in [3.63, 3.8) is 0 Å². The lowest BCUT2D eigenvalue weighted by molar-refractivity contribution is 0.416. The number of nitrogens with one attached hydrogen (secondary N) is 1. The predicted octanol–water partition coefficient (Wildman–Crippen LogP) is 3.33. The van der Waals surface area contributed by atoms with Crippen molar-refractivity contribution in [2.75, 3.05) is 23.8 Å². The van der Waals surface area contributed by atoms with Crippen molar-refractivity contribution in [2.45, 2.75) is 45.1 Å². The van der Waals surface area contributed by atoms with Crippen LogP contribution in [0, 0.1) is 0 Å². The molecule has 1 saturated carbocycles. The molecule has 0 bridgehead atoms. The van der Waals surface area contributed by atoms with Crippen LogP contribution in [0.1, 0.15) is 39.0 Å². The molecule has 4 nitrogen and oxygen atoms in total. The van der Waals surface area contributed by atoms with Crippen molar-refractivity contribution < 1.29 is 0 Å². The lowest BCUT2D eigenvalue weighted by atomic mass is 9.94. The van der Waals surface area contributed by atoms with Crippen molar-refractivity contribution in [3.8, 4) is 0 Å². The van der Waals surface area contributed by atoms with Crippen LogP contribution < -0.4 is 10.2 Å². The first-order valence-corrected chi connectivity index (χ1v) is 7.11. The first kappa shape index (κ1) is 13.4. The Morgan fingerprint density at radius 1 is 1.39 bits per heavy atom. The van der Waals surface area contributed by atoms with Crippen molar-refractivity contribution >= 4 is 23.4 Å². The van der Waals surface area contributed by atoms with Crippen LogP contribution in [0.25, 0.3) is 0 Å². The molecular formula is C13H21ClN4. The largest absolute Gasteiger partial charge is 0.357 e. The molecule has 18 heavy (non-hydrogen) atoms. The fraction of sp³-hybridized carbons (Fsp3) is 0.692. The number of rotatable bonds is 4. The van der Waals surface area contributed by atoms with E-state index in [9.17, 15) is 0 Å². The summed E-state index contributed by atoms with van der Waals surface area (Å²) in [6, 6.07) is 0.570. The SMILES string of the molecule is CCN(c1nc(NC)ncc1Cl)C1CCCCC1. The maximum Gasteiger partial charge on any atom is 0.224 e. The zero-order chi connectivity index (χ0) is 13.0. The molecule has 5 heteroatoms. The van der Waals surface area contributed by atoms with E-state index in [-0.39, 0.29) is 0 Å². The number of aromatic nitrogens is 2. The van der Waals surface area contributed by atoms with Gasteiger partial charge in [-0.3, -0.25) is 0 Å². The fourth-order valence-electron chi connectivity index (χ4n) is 2.65. The number of halogens is 1. The Hall–Kier alpha value is -1.03. The van der Waals surface area contributed by atoms with Gasteiger partial charge in [-0.25, -0.2) is 4.98 Å².